The molecule has 2 heterocycles. The molecule has 0 saturated carbocycles. The Kier molecular flexibility index (Phi) is 5.66. The number of hydrogen-bond acceptors (Lipinski definition) is 5. The molecule has 0 bridgehead atoms. The van der Waals surface area contributed by atoms with Gasteiger partial charge in [0.15, 0.2) is 0 Å². The van der Waals surface area contributed by atoms with Crippen LogP contribution in [0, 0.1) is 13.8 Å². The monoisotopic (exact) mass is 464 g/mol. The number of aryl methyl sites for hydroxylation is 2. The van der Waals surface area contributed by atoms with E-state index in [0.29, 0.717) is 11.5 Å². The number of rotatable bonds is 6. The minimum atomic E-state index is -1.00. The molecule has 0 radical (unpaired) electrons. The van der Waals surface area contributed by atoms with E-state index in [1.807, 2.05) is 73.1 Å². The highest BCUT2D eigenvalue weighted by molar-refractivity contribution is 5.97. The molecule has 0 unspecified atom stereocenters. The number of carboxylic acids is 1. The summed E-state index contributed by atoms with van der Waals surface area (Å²) in [5, 5.41) is 18.9. The van der Waals surface area contributed by atoms with E-state index in [0.717, 1.165) is 44.7 Å². The number of nitrogens with zero attached hydrogens (tertiary/aromatic N) is 3. The number of fused-ring (bicyclic) bond motifs is 1. The van der Waals surface area contributed by atoms with Gasteiger partial charge in [-0.3, -0.25) is 4.98 Å². The number of para-hydroxylation sites is 2. The number of carboxylic acid groups (broad SMARTS) is 1. The fourth-order valence-corrected chi connectivity index (χ4v) is 4.32. The van der Waals surface area contributed by atoms with Crippen LogP contribution in [0.15, 0.2) is 79.0 Å². The normalized spacial score (nSPS) is 10.9. The number of anilines is 2. The molecular formula is C28H24N4O3. The van der Waals surface area contributed by atoms with Crippen LogP contribution in [-0.4, -0.2) is 33.0 Å². The van der Waals surface area contributed by atoms with Crippen LogP contribution in [0.3, 0.4) is 0 Å². The summed E-state index contributed by atoms with van der Waals surface area (Å²) in [7, 11) is 1.64. The summed E-state index contributed by atoms with van der Waals surface area (Å²) in [4.78, 5) is 16.4. The van der Waals surface area contributed by atoms with Gasteiger partial charge in [-0.15, -0.1) is 0 Å². The van der Waals surface area contributed by atoms with Crippen LogP contribution in [-0.2, 0) is 0 Å². The number of carbonyl (C=O) groups is 1. The van der Waals surface area contributed by atoms with Crippen molar-refractivity contribution in [3.8, 4) is 22.6 Å². The highest BCUT2D eigenvalue weighted by Crippen LogP contribution is 2.38. The lowest BCUT2D eigenvalue weighted by atomic mass is 10.0. The molecule has 2 N–H and O–H groups in total. The number of hydrogen-bond donors (Lipinski definition) is 2. The molecule has 2 aromatic heterocycles. The van der Waals surface area contributed by atoms with Gasteiger partial charge in [0.2, 0.25) is 0 Å². The van der Waals surface area contributed by atoms with Gasteiger partial charge in [0.05, 0.1) is 35.3 Å². The first-order valence-corrected chi connectivity index (χ1v) is 11.2. The fourth-order valence-electron chi connectivity index (χ4n) is 4.32. The first-order chi connectivity index (χ1) is 17.0. The molecule has 0 spiro atoms. The van der Waals surface area contributed by atoms with Gasteiger partial charge in [0, 0.05) is 17.1 Å². The summed E-state index contributed by atoms with van der Waals surface area (Å²) in [5.74, 6) is 0.397. The molecule has 0 aliphatic carbocycles. The maximum atomic E-state index is 11.9. The van der Waals surface area contributed by atoms with Gasteiger partial charge in [-0.05, 0) is 61.4 Å². The lowest BCUT2D eigenvalue weighted by Crippen LogP contribution is -2.08. The van der Waals surface area contributed by atoms with Crippen molar-refractivity contribution in [2.75, 3.05) is 12.4 Å². The van der Waals surface area contributed by atoms with Crippen molar-refractivity contribution in [3.05, 3.63) is 95.8 Å². The predicted molar refractivity (Wildman–Crippen MR) is 137 cm³/mol. The highest BCUT2D eigenvalue weighted by Gasteiger charge is 2.22. The quantitative estimate of drug-likeness (QED) is 0.313. The molecule has 0 atom stereocenters. The maximum Gasteiger partial charge on any atom is 0.337 e. The van der Waals surface area contributed by atoms with Crippen LogP contribution in [0.2, 0.25) is 0 Å². The van der Waals surface area contributed by atoms with Crippen molar-refractivity contribution < 1.29 is 14.6 Å². The second-order valence-corrected chi connectivity index (χ2v) is 8.23. The van der Waals surface area contributed by atoms with E-state index in [4.69, 9.17) is 9.84 Å². The number of aromatic nitrogens is 3. The fraction of sp³-hybridized carbons (Fsp3) is 0.107. The third kappa shape index (κ3) is 3.97. The number of aromatic carboxylic acids is 1. The van der Waals surface area contributed by atoms with Gasteiger partial charge < -0.3 is 15.2 Å². The standard InChI is InChI=1S/C28H24N4O3/c1-17-8-4-7-11-24(17)32-27(30-23-10-6-5-9-20(23)28(33)34)26(18(2)31-32)19-12-13-22-21(16-19)25(35-3)14-15-29-22/h4-16,30H,1-3H3,(H,33,34). The molecule has 5 aromatic rings. The van der Waals surface area contributed by atoms with Crippen molar-refractivity contribution in [3.63, 3.8) is 0 Å². The average Bonchev–Trinajstić information content (AvgIpc) is 3.19. The number of benzene rings is 3. The summed E-state index contributed by atoms with van der Waals surface area (Å²) in [5.41, 5.74) is 6.00. The van der Waals surface area contributed by atoms with Crippen molar-refractivity contribution >= 4 is 28.4 Å². The van der Waals surface area contributed by atoms with Crippen LogP contribution in [0.4, 0.5) is 11.5 Å². The van der Waals surface area contributed by atoms with Crippen LogP contribution in [0.25, 0.3) is 27.7 Å². The van der Waals surface area contributed by atoms with E-state index in [2.05, 4.69) is 10.3 Å². The lowest BCUT2D eigenvalue weighted by molar-refractivity contribution is 0.0698. The maximum absolute atomic E-state index is 11.9. The van der Waals surface area contributed by atoms with Crippen LogP contribution in [0.5, 0.6) is 5.75 Å². The lowest BCUT2D eigenvalue weighted by Gasteiger charge is -2.16. The second-order valence-electron chi connectivity index (χ2n) is 8.23. The molecule has 7 nitrogen and oxygen atoms in total. The third-order valence-electron chi connectivity index (χ3n) is 6.02. The average molecular weight is 465 g/mol. The topological polar surface area (TPSA) is 89.3 Å². The number of ether oxygens (including phenoxy) is 1. The van der Waals surface area contributed by atoms with E-state index < -0.39 is 5.97 Å². The van der Waals surface area contributed by atoms with E-state index in [1.165, 1.54) is 0 Å². The molecule has 174 valence electrons. The van der Waals surface area contributed by atoms with Gasteiger partial charge in [-0.25, -0.2) is 9.48 Å². The van der Waals surface area contributed by atoms with Crippen molar-refractivity contribution in [2.24, 2.45) is 0 Å². The van der Waals surface area contributed by atoms with E-state index in [1.54, 1.807) is 31.5 Å². The zero-order valence-corrected chi connectivity index (χ0v) is 19.6. The second kappa shape index (κ2) is 8.95. The Morgan fingerprint density at radius 1 is 1.00 bits per heavy atom. The Bertz CT molecular complexity index is 1570. The van der Waals surface area contributed by atoms with Crippen molar-refractivity contribution in [2.45, 2.75) is 13.8 Å². The third-order valence-corrected chi connectivity index (χ3v) is 6.02. The number of methoxy groups -OCH3 is 1. The smallest absolute Gasteiger partial charge is 0.337 e. The van der Waals surface area contributed by atoms with Crippen molar-refractivity contribution in [1.82, 2.24) is 14.8 Å². The molecule has 35 heavy (non-hydrogen) atoms. The minimum Gasteiger partial charge on any atom is -0.496 e. The molecule has 0 fully saturated rings. The van der Waals surface area contributed by atoms with Crippen LogP contribution in [0.1, 0.15) is 21.6 Å². The van der Waals surface area contributed by atoms with E-state index >= 15 is 0 Å². The molecule has 5 rings (SSSR count). The summed E-state index contributed by atoms with van der Waals surface area (Å²) >= 11 is 0. The summed E-state index contributed by atoms with van der Waals surface area (Å²) in [6.07, 6.45) is 1.72. The van der Waals surface area contributed by atoms with Crippen molar-refractivity contribution in [1.29, 1.82) is 0 Å². The SMILES string of the molecule is COc1ccnc2ccc(-c3c(C)nn(-c4ccccc4C)c3Nc3ccccc3C(=O)O)cc12. The molecule has 0 aliphatic heterocycles. The Labute approximate surface area is 202 Å². The van der Waals surface area contributed by atoms with Gasteiger partial charge in [0.1, 0.15) is 11.6 Å². The van der Waals surface area contributed by atoms with Gasteiger partial charge in [-0.1, -0.05) is 36.4 Å². The summed E-state index contributed by atoms with van der Waals surface area (Å²) < 4.78 is 7.40. The first-order valence-electron chi connectivity index (χ1n) is 11.2. The summed E-state index contributed by atoms with van der Waals surface area (Å²) in [6.45, 7) is 3.97. The Morgan fingerprint density at radius 3 is 2.54 bits per heavy atom. The van der Waals surface area contributed by atoms with E-state index in [9.17, 15) is 9.90 Å². The van der Waals surface area contributed by atoms with Crippen LogP contribution >= 0.6 is 0 Å². The Hall–Kier alpha value is -4.65. The number of nitrogens with one attached hydrogen (secondary N) is 1. The Morgan fingerprint density at radius 2 is 1.77 bits per heavy atom. The number of pyridine rings is 1. The minimum absolute atomic E-state index is 0.179. The molecule has 0 saturated heterocycles. The first kappa shape index (κ1) is 22.2. The zero-order valence-electron chi connectivity index (χ0n) is 19.6. The van der Waals surface area contributed by atoms with Gasteiger partial charge in [-0.2, -0.15) is 5.10 Å². The van der Waals surface area contributed by atoms with Crippen LogP contribution < -0.4 is 10.1 Å². The highest BCUT2D eigenvalue weighted by atomic mass is 16.5. The van der Waals surface area contributed by atoms with Gasteiger partial charge >= 0.3 is 5.97 Å². The largest absolute Gasteiger partial charge is 0.496 e. The molecular weight excluding hydrogens is 440 g/mol. The summed E-state index contributed by atoms with van der Waals surface area (Å²) in [6, 6.07) is 22.6. The molecule has 0 amide bonds. The predicted octanol–water partition coefficient (Wildman–Crippen LogP) is 6.15. The van der Waals surface area contributed by atoms with E-state index in [-0.39, 0.29) is 5.56 Å². The Balaban J connectivity index is 1.77. The zero-order chi connectivity index (χ0) is 24.5. The molecule has 3 aromatic carbocycles. The van der Waals surface area contributed by atoms with Gasteiger partial charge in [0.25, 0.3) is 0 Å². The molecule has 7 heteroatoms. The molecule has 0 aliphatic rings.